The van der Waals surface area contributed by atoms with Gasteiger partial charge in [-0.1, -0.05) is 18.2 Å². The molecule has 27 heavy (non-hydrogen) atoms. The number of ketones is 1. The molecule has 146 valence electrons. The second kappa shape index (κ2) is 8.00. The Balaban J connectivity index is 1.55. The maximum Gasteiger partial charge on any atom is 0.173 e. The molecule has 0 bridgehead atoms. The first-order valence-corrected chi connectivity index (χ1v) is 9.59. The van der Waals surface area contributed by atoms with Gasteiger partial charge < -0.3 is 18.9 Å². The maximum atomic E-state index is 13.3. The first-order valence-electron chi connectivity index (χ1n) is 9.59. The topological polar surface area (TPSA) is 57.2 Å². The van der Waals surface area contributed by atoms with Crippen molar-refractivity contribution < 1.29 is 23.7 Å². The fourth-order valence-electron chi connectivity index (χ4n) is 4.53. The standard InChI is InChI=1S/C21H27NO5/c1-24-10-9-22-11-16-19(27-13-22)8-7-15-20(23)17(12-26-21(15)16)14-5-3-4-6-18(14)25-2/h3-6,12,15-16,19,21H,7-11,13H2,1-2H3. The number of methoxy groups -OCH3 is 2. The average Bonchev–Trinajstić information content (AvgIpc) is 2.72. The number of para-hydroxylation sites is 1. The molecule has 1 saturated heterocycles. The molecule has 0 radical (unpaired) electrons. The van der Waals surface area contributed by atoms with Gasteiger partial charge in [0, 0.05) is 31.7 Å². The van der Waals surface area contributed by atoms with E-state index in [-0.39, 0.29) is 29.8 Å². The highest BCUT2D eigenvalue weighted by atomic mass is 16.5. The number of hydrogen-bond donors (Lipinski definition) is 0. The van der Waals surface area contributed by atoms with Crippen molar-refractivity contribution in [2.45, 2.75) is 25.0 Å². The molecule has 6 nitrogen and oxygen atoms in total. The Morgan fingerprint density at radius 3 is 2.89 bits per heavy atom. The van der Waals surface area contributed by atoms with Crippen molar-refractivity contribution in [3.8, 4) is 5.75 Å². The van der Waals surface area contributed by atoms with Crippen LogP contribution in [0.1, 0.15) is 18.4 Å². The summed E-state index contributed by atoms with van der Waals surface area (Å²) < 4.78 is 22.8. The van der Waals surface area contributed by atoms with Crippen molar-refractivity contribution in [1.82, 2.24) is 4.90 Å². The van der Waals surface area contributed by atoms with E-state index in [0.29, 0.717) is 24.7 Å². The number of nitrogens with zero attached hydrogens (tertiary/aromatic N) is 1. The number of fused-ring (bicyclic) bond motifs is 3. The molecule has 2 heterocycles. The first kappa shape index (κ1) is 18.5. The summed E-state index contributed by atoms with van der Waals surface area (Å²) in [4.78, 5) is 15.5. The molecule has 1 aromatic carbocycles. The molecule has 6 heteroatoms. The van der Waals surface area contributed by atoms with E-state index in [1.165, 1.54) is 0 Å². The van der Waals surface area contributed by atoms with Crippen LogP contribution in [0.2, 0.25) is 0 Å². The van der Waals surface area contributed by atoms with Gasteiger partial charge in [0.05, 0.1) is 44.3 Å². The van der Waals surface area contributed by atoms with E-state index in [0.717, 1.165) is 31.5 Å². The third-order valence-electron chi connectivity index (χ3n) is 5.95. The molecular weight excluding hydrogens is 346 g/mol. The predicted octanol–water partition coefficient (Wildman–Crippen LogP) is 2.33. The Morgan fingerprint density at radius 1 is 1.22 bits per heavy atom. The minimum absolute atomic E-state index is 0.123. The van der Waals surface area contributed by atoms with Gasteiger partial charge in [-0.25, -0.2) is 0 Å². The van der Waals surface area contributed by atoms with E-state index >= 15 is 0 Å². The summed E-state index contributed by atoms with van der Waals surface area (Å²) in [5.74, 6) is 0.929. The molecule has 4 atom stereocenters. The summed E-state index contributed by atoms with van der Waals surface area (Å²) in [6.45, 7) is 3.00. The van der Waals surface area contributed by atoms with Gasteiger partial charge >= 0.3 is 0 Å². The highest BCUT2D eigenvalue weighted by Crippen LogP contribution is 2.43. The molecule has 2 fully saturated rings. The van der Waals surface area contributed by atoms with E-state index in [1.807, 2.05) is 24.3 Å². The summed E-state index contributed by atoms with van der Waals surface area (Å²) in [5, 5.41) is 0. The molecule has 1 aliphatic carbocycles. The van der Waals surface area contributed by atoms with Crippen molar-refractivity contribution in [3.05, 3.63) is 36.1 Å². The van der Waals surface area contributed by atoms with Gasteiger partial charge in [-0.15, -0.1) is 0 Å². The Hall–Kier alpha value is -1.89. The summed E-state index contributed by atoms with van der Waals surface area (Å²) in [7, 11) is 3.33. The SMILES string of the molecule is COCCN1COC2CCC3C(=O)C(c4ccccc4OC)=COC3C2C1. The number of ether oxygens (including phenoxy) is 4. The van der Waals surface area contributed by atoms with Gasteiger partial charge in [0.1, 0.15) is 11.9 Å². The third kappa shape index (κ3) is 3.49. The molecule has 1 aromatic rings. The van der Waals surface area contributed by atoms with Crippen molar-refractivity contribution in [2.75, 3.05) is 40.6 Å². The van der Waals surface area contributed by atoms with E-state index in [9.17, 15) is 4.79 Å². The second-order valence-corrected chi connectivity index (χ2v) is 7.45. The lowest BCUT2D eigenvalue weighted by Gasteiger charge is -2.48. The van der Waals surface area contributed by atoms with Crippen LogP contribution in [-0.4, -0.2) is 63.5 Å². The average molecular weight is 373 g/mol. The van der Waals surface area contributed by atoms with Crippen LogP contribution in [0, 0.1) is 11.8 Å². The van der Waals surface area contributed by atoms with E-state index in [4.69, 9.17) is 18.9 Å². The smallest absolute Gasteiger partial charge is 0.173 e. The maximum absolute atomic E-state index is 13.3. The summed E-state index contributed by atoms with van der Waals surface area (Å²) in [5.41, 5.74) is 1.41. The third-order valence-corrected chi connectivity index (χ3v) is 5.95. The van der Waals surface area contributed by atoms with E-state index in [1.54, 1.807) is 20.5 Å². The Bertz CT molecular complexity index is 718. The van der Waals surface area contributed by atoms with Crippen LogP contribution in [0.25, 0.3) is 5.57 Å². The van der Waals surface area contributed by atoms with E-state index in [2.05, 4.69) is 4.90 Å². The number of hydrogen-bond acceptors (Lipinski definition) is 6. The number of carbonyl (C=O) groups is 1. The number of carbonyl (C=O) groups excluding carboxylic acids is 1. The van der Waals surface area contributed by atoms with Crippen LogP contribution in [0.3, 0.4) is 0 Å². The normalized spacial score (nSPS) is 30.7. The van der Waals surface area contributed by atoms with Crippen molar-refractivity contribution in [1.29, 1.82) is 0 Å². The van der Waals surface area contributed by atoms with Crippen LogP contribution in [0.15, 0.2) is 30.5 Å². The molecule has 4 unspecified atom stereocenters. The molecule has 0 aromatic heterocycles. The lowest BCUT2D eigenvalue weighted by Crippen LogP contribution is -2.56. The lowest BCUT2D eigenvalue weighted by molar-refractivity contribution is -0.171. The molecule has 1 saturated carbocycles. The fraction of sp³-hybridized carbons (Fsp3) is 0.571. The Morgan fingerprint density at radius 2 is 2.07 bits per heavy atom. The Labute approximate surface area is 160 Å². The number of rotatable bonds is 5. The second-order valence-electron chi connectivity index (χ2n) is 7.45. The van der Waals surface area contributed by atoms with Crippen molar-refractivity contribution in [3.63, 3.8) is 0 Å². The van der Waals surface area contributed by atoms with Gasteiger partial charge in [0.25, 0.3) is 0 Å². The largest absolute Gasteiger partial charge is 0.496 e. The summed E-state index contributed by atoms with van der Waals surface area (Å²) in [6.07, 6.45) is 3.38. The van der Waals surface area contributed by atoms with Gasteiger partial charge in [-0.05, 0) is 18.9 Å². The predicted molar refractivity (Wildman–Crippen MR) is 100 cm³/mol. The van der Waals surface area contributed by atoms with Crippen molar-refractivity contribution in [2.24, 2.45) is 11.8 Å². The van der Waals surface area contributed by atoms with Gasteiger partial charge in [0.15, 0.2) is 5.78 Å². The molecule has 3 aliphatic rings. The van der Waals surface area contributed by atoms with Crippen LogP contribution in [0.4, 0.5) is 0 Å². The first-order chi connectivity index (χ1) is 13.2. The Kier molecular flexibility index (Phi) is 5.48. The minimum Gasteiger partial charge on any atom is -0.496 e. The zero-order valence-corrected chi connectivity index (χ0v) is 15.9. The molecule has 0 amide bonds. The van der Waals surface area contributed by atoms with Gasteiger partial charge in [-0.3, -0.25) is 9.69 Å². The summed E-state index contributed by atoms with van der Waals surface area (Å²) >= 11 is 0. The van der Waals surface area contributed by atoms with Crippen molar-refractivity contribution >= 4 is 11.4 Å². The molecular formula is C21H27NO5. The monoisotopic (exact) mass is 373 g/mol. The van der Waals surface area contributed by atoms with Crippen LogP contribution >= 0.6 is 0 Å². The molecule has 2 aliphatic heterocycles. The fourth-order valence-corrected chi connectivity index (χ4v) is 4.53. The summed E-state index contributed by atoms with van der Waals surface area (Å²) in [6, 6.07) is 7.60. The lowest BCUT2D eigenvalue weighted by atomic mass is 9.71. The van der Waals surface area contributed by atoms with Crippen LogP contribution < -0.4 is 4.74 Å². The quantitative estimate of drug-likeness (QED) is 0.790. The van der Waals surface area contributed by atoms with Gasteiger partial charge in [0.2, 0.25) is 0 Å². The van der Waals surface area contributed by atoms with Crippen LogP contribution in [-0.2, 0) is 19.0 Å². The van der Waals surface area contributed by atoms with Crippen LogP contribution in [0.5, 0.6) is 5.75 Å². The molecule has 0 spiro atoms. The number of Topliss-reactive ketones (excluding diaryl/α,β-unsaturated/α-hetero) is 1. The molecule has 4 rings (SSSR count). The number of benzene rings is 1. The zero-order chi connectivity index (χ0) is 18.8. The zero-order valence-electron chi connectivity index (χ0n) is 15.9. The van der Waals surface area contributed by atoms with E-state index < -0.39 is 0 Å². The van der Waals surface area contributed by atoms with Gasteiger partial charge in [-0.2, -0.15) is 0 Å². The highest BCUT2D eigenvalue weighted by Gasteiger charge is 2.49. The number of allylic oxidation sites excluding steroid dienone is 1. The minimum atomic E-state index is -0.125. The molecule has 0 N–H and O–H groups in total. The highest BCUT2D eigenvalue weighted by molar-refractivity contribution is 6.22.